The number of carbonyl (C=O) groups is 2. The Kier molecular flexibility index (Phi) is 6.35. The molecule has 0 aromatic heterocycles. The molecule has 2 atom stereocenters. The van der Waals surface area contributed by atoms with Crippen LogP contribution in [0.25, 0.3) is 0 Å². The Bertz CT molecular complexity index is 1020. The minimum atomic E-state index is -1.05. The van der Waals surface area contributed by atoms with Gasteiger partial charge in [0.05, 0.1) is 6.04 Å². The molecule has 0 unspecified atom stereocenters. The third-order valence-corrected chi connectivity index (χ3v) is 5.24. The predicted octanol–water partition coefficient (Wildman–Crippen LogP) is 4.11. The molecule has 6 nitrogen and oxygen atoms in total. The van der Waals surface area contributed by atoms with Crippen LogP contribution in [0.4, 0.5) is 9.18 Å². The Morgan fingerprint density at radius 3 is 2.41 bits per heavy atom. The zero-order valence-corrected chi connectivity index (χ0v) is 17.2. The van der Waals surface area contributed by atoms with Gasteiger partial charge >= 0.3 is 6.09 Å². The number of imide groups is 1. The number of phenols is 1. The molecule has 0 spiro atoms. The summed E-state index contributed by atoms with van der Waals surface area (Å²) in [5.41, 5.74) is 1.71. The number of cyclic esters (lactones) is 1. The SMILES string of the molecule is O=C1OC[C@H](Cc2ccccc2)N1C(=O)[C@H](Cc1ccc(O)cc1)Oc1ccc(F)cc1. The summed E-state index contributed by atoms with van der Waals surface area (Å²) < 4.78 is 24.4. The van der Waals surface area contributed by atoms with E-state index < -0.39 is 30.0 Å². The Hall–Kier alpha value is -3.87. The summed E-state index contributed by atoms with van der Waals surface area (Å²) in [6.07, 6.45) is -1.15. The first-order valence-corrected chi connectivity index (χ1v) is 10.2. The molecule has 1 N–H and O–H groups in total. The lowest BCUT2D eigenvalue weighted by Gasteiger charge is -2.25. The molecule has 0 saturated carbocycles. The summed E-state index contributed by atoms with van der Waals surface area (Å²) in [5, 5.41) is 9.54. The topological polar surface area (TPSA) is 76.1 Å². The van der Waals surface area contributed by atoms with E-state index in [1.165, 1.54) is 36.4 Å². The van der Waals surface area contributed by atoms with E-state index in [0.717, 1.165) is 16.0 Å². The minimum Gasteiger partial charge on any atom is -0.508 e. The molecule has 32 heavy (non-hydrogen) atoms. The van der Waals surface area contributed by atoms with Gasteiger partial charge in [-0.2, -0.15) is 0 Å². The number of aromatic hydroxyl groups is 1. The number of ether oxygens (including phenoxy) is 2. The van der Waals surface area contributed by atoms with Crippen molar-refractivity contribution in [3.05, 3.63) is 95.8 Å². The van der Waals surface area contributed by atoms with Crippen molar-refractivity contribution in [3.8, 4) is 11.5 Å². The van der Waals surface area contributed by atoms with Crippen molar-refractivity contribution in [1.29, 1.82) is 0 Å². The van der Waals surface area contributed by atoms with E-state index in [4.69, 9.17) is 9.47 Å². The van der Waals surface area contributed by atoms with Crippen molar-refractivity contribution in [3.63, 3.8) is 0 Å². The van der Waals surface area contributed by atoms with Gasteiger partial charge < -0.3 is 14.6 Å². The summed E-state index contributed by atoms with van der Waals surface area (Å²) in [6, 6.07) is 20.8. The Morgan fingerprint density at radius 1 is 1.03 bits per heavy atom. The second kappa shape index (κ2) is 9.51. The number of amides is 2. The lowest BCUT2D eigenvalue weighted by atomic mass is 10.0. The van der Waals surface area contributed by atoms with E-state index in [1.54, 1.807) is 12.1 Å². The zero-order chi connectivity index (χ0) is 22.5. The molecule has 1 fully saturated rings. The van der Waals surface area contributed by atoms with Crippen LogP contribution in [0.3, 0.4) is 0 Å². The molecule has 3 aromatic carbocycles. The molecule has 7 heteroatoms. The van der Waals surface area contributed by atoms with Crippen LogP contribution < -0.4 is 4.74 Å². The van der Waals surface area contributed by atoms with Crippen LogP contribution in [-0.4, -0.2) is 40.8 Å². The first-order chi connectivity index (χ1) is 15.5. The van der Waals surface area contributed by atoms with Gasteiger partial charge in [0.15, 0.2) is 6.10 Å². The van der Waals surface area contributed by atoms with E-state index in [1.807, 2.05) is 30.3 Å². The average molecular weight is 435 g/mol. The van der Waals surface area contributed by atoms with Crippen molar-refractivity contribution in [2.24, 2.45) is 0 Å². The van der Waals surface area contributed by atoms with E-state index in [9.17, 15) is 19.1 Å². The fraction of sp³-hybridized carbons (Fsp3) is 0.200. The summed E-state index contributed by atoms with van der Waals surface area (Å²) in [4.78, 5) is 27.0. The van der Waals surface area contributed by atoms with Gasteiger partial charge in [0, 0.05) is 6.42 Å². The van der Waals surface area contributed by atoms with E-state index in [2.05, 4.69) is 0 Å². The fourth-order valence-corrected chi connectivity index (χ4v) is 3.62. The number of halogens is 1. The van der Waals surface area contributed by atoms with Crippen LogP contribution >= 0.6 is 0 Å². The maximum absolute atomic E-state index is 13.5. The molecule has 1 aliphatic heterocycles. The van der Waals surface area contributed by atoms with Gasteiger partial charge in [0.25, 0.3) is 5.91 Å². The van der Waals surface area contributed by atoms with Gasteiger partial charge in [-0.3, -0.25) is 4.79 Å². The van der Waals surface area contributed by atoms with Crippen molar-refractivity contribution in [1.82, 2.24) is 4.90 Å². The number of benzene rings is 3. The molecule has 4 rings (SSSR count). The highest BCUT2D eigenvalue weighted by atomic mass is 19.1. The maximum atomic E-state index is 13.5. The number of hydrogen-bond acceptors (Lipinski definition) is 5. The standard InChI is InChI=1S/C25H22FNO5/c26-19-8-12-22(13-9-19)32-23(15-18-6-10-21(28)11-7-18)24(29)27-20(16-31-25(27)30)14-17-4-2-1-3-5-17/h1-13,20,23,28H,14-16H2/t20-,23-/m0/s1. The molecule has 1 saturated heterocycles. The number of carbonyl (C=O) groups excluding carboxylic acids is 2. The van der Waals surface area contributed by atoms with Gasteiger partial charge in [-0.15, -0.1) is 0 Å². The van der Waals surface area contributed by atoms with Gasteiger partial charge in [-0.25, -0.2) is 14.1 Å². The molecular formula is C25H22FNO5. The largest absolute Gasteiger partial charge is 0.508 e. The summed E-state index contributed by atoms with van der Waals surface area (Å²) in [5.74, 6) is -0.562. The fourth-order valence-electron chi connectivity index (χ4n) is 3.62. The van der Waals surface area contributed by atoms with Crippen LogP contribution in [0.1, 0.15) is 11.1 Å². The van der Waals surface area contributed by atoms with Crippen molar-refractivity contribution in [2.75, 3.05) is 6.61 Å². The number of hydrogen-bond donors (Lipinski definition) is 1. The maximum Gasteiger partial charge on any atom is 0.417 e. The van der Waals surface area contributed by atoms with E-state index in [-0.39, 0.29) is 18.8 Å². The second-order valence-electron chi connectivity index (χ2n) is 7.56. The highest BCUT2D eigenvalue weighted by Gasteiger charge is 2.41. The molecule has 0 bridgehead atoms. The van der Waals surface area contributed by atoms with Crippen molar-refractivity contribution < 1.29 is 28.6 Å². The minimum absolute atomic E-state index is 0.0992. The van der Waals surface area contributed by atoms with Gasteiger partial charge in [-0.05, 0) is 53.9 Å². The molecule has 2 amide bonds. The molecule has 3 aromatic rings. The number of nitrogens with zero attached hydrogens (tertiary/aromatic N) is 1. The first kappa shape index (κ1) is 21.4. The van der Waals surface area contributed by atoms with Crippen LogP contribution in [0, 0.1) is 5.82 Å². The smallest absolute Gasteiger partial charge is 0.417 e. The Balaban J connectivity index is 1.58. The van der Waals surface area contributed by atoms with Gasteiger partial charge in [0.2, 0.25) is 0 Å². The average Bonchev–Trinajstić information content (AvgIpc) is 3.16. The third kappa shape index (κ3) is 5.06. The van der Waals surface area contributed by atoms with Crippen molar-refractivity contribution in [2.45, 2.75) is 25.0 Å². The van der Waals surface area contributed by atoms with E-state index >= 15 is 0 Å². The molecule has 1 aliphatic rings. The second-order valence-corrected chi connectivity index (χ2v) is 7.56. The third-order valence-electron chi connectivity index (χ3n) is 5.24. The monoisotopic (exact) mass is 435 g/mol. The summed E-state index contributed by atoms with van der Waals surface area (Å²) in [7, 11) is 0. The number of phenolic OH excluding ortho intramolecular Hbond substituents is 1. The first-order valence-electron chi connectivity index (χ1n) is 10.2. The van der Waals surface area contributed by atoms with Gasteiger partial charge in [0.1, 0.15) is 23.9 Å². The van der Waals surface area contributed by atoms with Crippen molar-refractivity contribution >= 4 is 12.0 Å². The van der Waals surface area contributed by atoms with Gasteiger partial charge in [-0.1, -0.05) is 42.5 Å². The summed E-state index contributed by atoms with van der Waals surface area (Å²) >= 11 is 0. The van der Waals surface area contributed by atoms with Crippen LogP contribution in [0.15, 0.2) is 78.9 Å². The lowest BCUT2D eigenvalue weighted by molar-refractivity contribution is -0.136. The van der Waals surface area contributed by atoms with Crippen LogP contribution in [0.2, 0.25) is 0 Å². The number of rotatable bonds is 7. The predicted molar refractivity (Wildman–Crippen MR) is 115 cm³/mol. The quantitative estimate of drug-likeness (QED) is 0.605. The highest BCUT2D eigenvalue weighted by Crippen LogP contribution is 2.23. The molecular weight excluding hydrogens is 413 g/mol. The molecule has 0 aliphatic carbocycles. The highest BCUT2D eigenvalue weighted by molar-refractivity contribution is 5.96. The van der Waals surface area contributed by atoms with E-state index in [0.29, 0.717) is 12.2 Å². The Morgan fingerprint density at radius 2 is 1.72 bits per heavy atom. The van der Waals surface area contributed by atoms with Crippen LogP contribution in [-0.2, 0) is 22.4 Å². The lowest BCUT2D eigenvalue weighted by Crippen LogP contribution is -2.48. The normalized spacial score (nSPS) is 16.5. The zero-order valence-electron chi connectivity index (χ0n) is 17.2. The van der Waals surface area contributed by atoms with Crippen LogP contribution in [0.5, 0.6) is 11.5 Å². The molecule has 0 radical (unpaired) electrons. The Labute approximate surface area is 184 Å². The molecule has 164 valence electrons. The summed E-state index contributed by atoms with van der Waals surface area (Å²) in [6.45, 7) is 0.0992. The molecule has 1 heterocycles.